The topological polar surface area (TPSA) is 74.0 Å². The second kappa shape index (κ2) is 7.61. The van der Waals surface area contributed by atoms with Gasteiger partial charge in [-0.3, -0.25) is 9.59 Å². The summed E-state index contributed by atoms with van der Waals surface area (Å²) in [6, 6.07) is 13.1. The summed E-state index contributed by atoms with van der Waals surface area (Å²) < 4.78 is 12.8. The van der Waals surface area contributed by atoms with Gasteiger partial charge in [0.1, 0.15) is 5.82 Å². The quantitative estimate of drug-likeness (QED) is 0.603. The molecule has 0 fully saturated rings. The van der Waals surface area contributed by atoms with Crippen molar-refractivity contribution in [3.8, 4) is 0 Å². The molecule has 25 heavy (non-hydrogen) atoms. The molecule has 0 atom stereocenters. The molecule has 3 rings (SSSR count). The van der Waals surface area contributed by atoms with E-state index in [1.54, 1.807) is 24.4 Å². The molecule has 0 radical (unpaired) electrons. The van der Waals surface area contributed by atoms with Crippen LogP contribution in [-0.4, -0.2) is 29.9 Å². The standard InChI is InChI=1S/C19H18FN3O2/c20-14-6-4-13(5-7-14)12-18(24)22-10-11-23-19(25)16-2-1-3-17-15(16)8-9-21-17/h1-9,21H,10-12H2,(H,22,24)(H,23,25). The number of aromatic amines is 1. The molecule has 1 heterocycles. The highest BCUT2D eigenvalue weighted by molar-refractivity contribution is 6.06. The monoisotopic (exact) mass is 339 g/mol. The third-order valence-corrected chi connectivity index (χ3v) is 3.85. The van der Waals surface area contributed by atoms with Crippen molar-refractivity contribution >= 4 is 22.7 Å². The summed E-state index contributed by atoms with van der Waals surface area (Å²) in [6.07, 6.45) is 1.97. The number of carbonyl (C=O) groups excluding carboxylic acids is 2. The molecule has 0 bridgehead atoms. The molecule has 5 nitrogen and oxygen atoms in total. The second-order valence-corrected chi connectivity index (χ2v) is 5.65. The SMILES string of the molecule is O=C(Cc1ccc(F)cc1)NCCNC(=O)c1cccc2[nH]ccc12. The molecule has 3 aromatic rings. The van der Waals surface area contributed by atoms with Crippen LogP contribution in [0.3, 0.4) is 0 Å². The molecule has 0 aliphatic rings. The van der Waals surface area contributed by atoms with Crippen molar-refractivity contribution in [2.75, 3.05) is 13.1 Å². The van der Waals surface area contributed by atoms with Crippen LogP contribution >= 0.6 is 0 Å². The Labute approximate surface area is 144 Å². The summed E-state index contributed by atoms with van der Waals surface area (Å²) in [4.78, 5) is 27.1. The van der Waals surface area contributed by atoms with E-state index in [2.05, 4.69) is 15.6 Å². The molecule has 3 N–H and O–H groups in total. The zero-order valence-electron chi connectivity index (χ0n) is 13.5. The van der Waals surface area contributed by atoms with Crippen LogP contribution in [0.15, 0.2) is 54.7 Å². The van der Waals surface area contributed by atoms with E-state index in [1.807, 2.05) is 18.2 Å². The maximum absolute atomic E-state index is 12.8. The van der Waals surface area contributed by atoms with Crippen LogP contribution in [0.5, 0.6) is 0 Å². The zero-order chi connectivity index (χ0) is 17.6. The van der Waals surface area contributed by atoms with Crippen molar-refractivity contribution in [1.29, 1.82) is 0 Å². The Morgan fingerprint density at radius 3 is 2.52 bits per heavy atom. The number of halogens is 1. The maximum atomic E-state index is 12.8. The van der Waals surface area contributed by atoms with Crippen LogP contribution in [0.25, 0.3) is 10.9 Å². The van der Waals surface area contributed by atoms with Crippen LogP contribution in [0.1, 0.15) is 15.9 Å². The molecule has 1 aromatic heterocycles. The third-order valence-electron chi connectivity index (χ3n) is 3.85. The summed E-state index contributed by atoms with van der Waals surface area (Å²) in [6.45, 7) is 0.656. The Bertz CT molecular complexity index is 887. The van der Waals surface area contributed by atoms with Crippen molar-refractivity contribution in [3.63, 3.8) is 0 Å². The van der Waals surface area contributed by atoms with Crippen molar-refractivity contribution in [2.45, 2.75) is 6.42 Å². The van der Waals surface area contributed by atoms with Gasteiger partial charge < -0.3 is 15.6 Å². The Balaban J connectivity index is 1.45. The van der Waals surface area contributed by atoms with Crippen molar-refractivity contribution in [2.24, 2.45) is 0 Å². The molecule has 0 aliphatic carbocycles. The van der Waals surface area contributed by atoms with Gasteiger partial charge in [0.25, 0.3) is 5.91 Å². The lowest BCUT2D eigenvalue weighted by atomic mass is 10.1. The number of rotatable bonds is 6. The number of fused-ring (bicyclic) bond motifs is 1. The third kappa shape index (κ3) is 4.23. The van der Waals surface area contributed by atoms with Gasteiger partial charge in [0.2, 0.25) is 5.91 Å². The van der Waals surface area contributed by atoms with Gasteiger partial charge >= 0.3 is 0 Å². The van der Waals surface area contributed by atoms with Crippen molar-refractivity contribution in [1.82, 2.24) is 15.6 Å². The van der Waals surface area contributed by atoms with E-state index < -0.39 is 0 Å². The lowest BCUT2D eigenvalue weighted by Crippen LogP contribution is -2.35. The Hall–Kier alpha value is -3.15. The van der Waals surface area contributed by atoms with E-state index in [9.17, 15) is 14.0 Å². The number of hydrogen-bond acceptors (Lipinski definition) is 2. The number of aromatic nitrogens is 1. The molecule has 6 heteroatoms. The largest absolute Gasteiger partial charge is 0.361 e. The number of carbonyl (C=O) groups is 2. The summed E-state index contributed by atoms with van der Waals surface area (Å²) in [5.74, 6) is -0.684. The van der Waals surface area contributed by atoms with Crippen molar-refractivity contribution in [3.05, 3.63) is 71.7 Å². The van der Waals surface area contributed by atoms with Crippen molar-refractivity contribution < 1.29 is 14.0 Å². The zero-order valence-corrected chi connectivity index (χ0v) is 13.5. The van der Waals surface area contributed by atoms with Gasteiger partial charge in [-0.15, -0.1) is 0 Å². The maximum Gasteiger partial charge on any atom is 0.252 e. The van der Waals surface area contributed by atoms with Gasteiger partial charge in [0.15, 0.2) is 0 Å². The minimum Gasteiger partial charge on any atom is -0.361 e. The van der Waals surface area contributed by atoms with Crippen LogP contribution in [0.4, 0.5) is 4.39 Å². The van der Waals surface area contributed by atoms with Crippen LogP contribution in [0, 0.1) is 5.82 Å². The molecule has 0 unspecified atom stereocenters. The van der Waals surface area contributed by atoms with E-state index in [4.69, 9.17) is 0 Å². The first-order valence-corrected chi connectivity index (χ1v) is 7.99. The predicted molar refractivity (Wildman–Crippen MR) is 93.7 cm³/mol. The first kappa shape index (κ1) is 16.7. The fourth-order valence-corrected chi connectivity index (χ4v) is 2.61. The Morgan fingerprint density at radius 1 is 0.960 bits per heavy atom. The summed E-state index contributed by atoms with van der Waals surface area (Å²) in [5.41, 5.74) is 2.23. The normalized spacial score (nSPS) is 10.6. The van der Waals surface area contributed by atoms with Gasteiger partial charge in [-0.25, -0.2) is 4.39 Å². The molecule has 128 valence electrons. The van der Waals surface area contributed by atoms with Crippen LogP contribution in [-0.2, 0) is 11.2 Å². The molecule has 0 saturated heterocycles. The fraction of sp³-hybridized carbons (Fsp3) is 0.158. The minimum absolute atomic E-state index is 0.173. The summed E-state index contributed by atoms with van der Waals surface area (Å²) in [7, 11) is 0. The molecular formula is C19H18FN3O2. The number of nitrogens with one attached hydrogen (secondary N) is 3. The molecule has 2 amide bonds. The fourth-order valence-electron chi connectivity index (χ4n) is 2.61. The van der Waals surface area contributed by atoms with Crippen LogP contribution in [0.2, 0.25) is 0 Å². The van der Waals surface area contributed by atoms with Gasteiger partial charge in [0, 0.05) is 35.8 Å². The highest BCUT2D eigenvalue weighted by Crippen LogP contribution is 2.16. The summed E-state index contributed by atoms with van der Waals surface area (Å²) in [5, 5.41) is 6.38. The number of amides is 2. The van der Waals surface area contributed by atoms with Gasteiger partial charge in [-0.2, -0.15) is 0 Å². The van der Waals surface area contributed by atoms with E-state index >= 15 is 0 Å². The van der Waals surface area contributed by atoms with E-state index in [0.29, 0.717) is 18.7 Å². The first-order chi connectivity index (χ1) is 12.1. The average molecular weight is 339 g/mol. The molecule has 0 aliphatic heterocycles. The Morgan fingerprint density at radius 2 is 1.72 bits per heavy atom. The number of H-pyrrole nitrogens is 1. The molecule has 0 saturated carbocycles. The molecule has 2 aromatic carbocycles. The lowest BCUT2D eigenvalue weighted by Gasteiger charge is -2.08. The second-order valence-electron chi connectivity index (χ2n) is 5.65. The van der Waals surface area contributed by atoms with E-state index in [1.165, 1.54) is 12.1 Å². The van der Waals surface area contributed by atoms with Crippen LogP contribution < -0.4 is 10.6 Å². The highest BCUT2D eigenvalue weighted by Gasteiger charge is 2.10. The lowest BCUT2D eigenvalue weighted by molar-refractivity contribution is -0.120. The molecule has 0 spiro atoms. The highest BCUT2D eigenvalue weighted by atomic mass is 19.1. The minimum atomic E-state index is -0.329. The Kier molecular flexibility index (Phi) is 5.09. The first-order valence-electron chi connectivity index (χ1n) is 7.99. The smallest absolute Gasteiger partial charge is 0.252 e. The van der Waals surface area contributed by atoms with Gasteiger partial charge in [-0.05, 0) is 35.9 Å². The van der Waals surface area contributed by atoms with Gasteiger partial charge in [0.05, 0.1) is 6.42 Å². The predicted octanol–water partition coefficient (Wildman–Crippen LogP) is 2.40. The molecular weight excluding hydrogens is 321 g/mol. The van der Waals surface area contributed by atoms with E-state index in [0.717, 1.165) is 16.5 Å². The number of hydrogen-bond donors (Lipinski definition) is 3. The van der Waals surface area contributed by atoms with Gasteiger partial charge in [-0.1, -0.05) is 18.2 Å². The average Bonchev–Trinajstić information content (AvgIpc) is 3.09. The number of benzene rings is 2. The van der Waals surface area contributed by atoms with E-state index in [-0.39, 0.29) is 24.1 Å². The summed E-state index contributed by atoms with van der Waals surface area (Å²) >= 11 is 0.